The van der Waals surface area contributed by atoms with Gasteiger partial charge in [0.2, 0.25) is 0 Å². The van der Waals surface area contributed by atoms with E-state index in [0.29, 0.717) is 12.5 Å². The van der Waals surface area contributed by atoms with Crippen molar-refractivity contribution in [3.8, 4) is 11.1 Å². The van der Waals surface area contributed by atoms with E-state index >= 15 is 0 Å². The minimum atomic E-state index is 0.594. The van der Waals surface area contributed by atoms with Crippen molar-refractivity contribution in [3.05, 3.63) is 42.2 Å². The van der Waals surface area contributed by atoms with Crippen molar-refractivity contribution in [1.82, 2.24) is 14.7 Å². The predicted molar refractivity (Wildman–Crippen MR) is 86.9 cm³/mol. The number of rotatable bonds is 5. The van der Waals surface area contributed by atoms with Crippen molar-refractivity contribution < 1.29 is 0 Å². The molecule has 0 radical (unpaired) electrons. The summed E-state index contributed by atoms with van der Waals surface area (Å²) in [5, 5.41) is 4.20. The highest BCUT2D eigenvalue weighted by atomic mass is 15.2. The summed E-state index contributed by atoms with van der Waals surface area (Å²) in [5.41, 5.74) is 9.41. The minimum absolute atomic E-state index is 0.594. The van der Waals surface area contributed by atoms with Crippen LogP contribution in [0, 0.1) is 0 Å². The van der Waals surface area contributed by atoms with Crippen molar-refractivity contribution in [2.75, 3.05) is 13.1 Å². The molecule has 2 rings (SSSR count). The van der Waals surface area contributed by atoms with Gasteiger partial charge in [-0.3, -0.25) is 4.68 Å². The Morgan fingerprint density at radius 2 is 2.05 bits per heavy atom. The fourth-order valence-electron chi connectivity index (χ4n) is 2.24. The van der Waals surface area contributed by atoms with Crippen LogP contribution in [0.1, 0.15) is 19.4 Å². The molecule has 0 bridgehead atoms. The Balaban J connectivity index is 2.13. The van der Waals surface area contributed by atoms with Crippen LogP contribution >= 0.6 is 0 Å². The summed E-state index contributed by atoms with van der Waals surface area (Å²) in [6.45, 7) is 6.50. The second-order valence-corrected chi connectivity index (χ2v) is 4.95. The standard InChI is InChI=1S/C16H23N5/c1-4-21(5-2)16(17)18-10-13-7-6-8-14(9-13)15-11-19-20(3)12-15/h6-9,11-12H,4-5,10H2,1-3H3,(H2,17,18). The molecular formula is C16H23N5. The van der Waals surface area contributed by atoms with E-state index in [1.54, 1.807) is 4.68 Å². The van der Waals surface area contributed by atoms with E-state index in [1.165, 1.54) is 0 Å². The average molecular weight is 285 g/mol. The fourth-order valence-corrected chi connectivity index (χ4v) is 2.24. The number of hydrogen-bond acceptors (Lipinski definition) is 2. The van der Waals surface area contributed by atoms with Gasteiger partial charge in [0.15, 0.2) is 5.96 Å². The molecule has 0 atom stereocenters. The summed E-state index contributed by atoms with van der Waals surface area (Å²) in [5.74, 6) is 0.604. The third kappa shape index (κ3) is 3.84. The summed E-state index contributed by atoms with van der Waals surface area (Å²) in [4.78, 5) is 6.52. The van der Waals surface area contributed by atoms with Crippen LogP contribution < -0.4 is 5.73 Å². The highest BCUT2D eigenvalue weighted by Gasteiger charge is 2.04. The highest BCUT2D eigenvalue weighted by Crippen LogP contribution is 2.19. The molecule has 2 N–H and O–H groups in total. The lowest BCUT2D eigenvalue weighted by Gasteiger charge is -2.19. The molecule has 0 saturated carbocycles. The smallest absolute Gasteiger partial charge is 0.191 e. The van der Waals surface area contributed by atoms with Crippen LogP contribution in [0.4, 0.5) is 0 Å². The van der Waals surface area contributed by atoms with Crippen molar-refractivity contribution in [2.24, 2.45) is 17.8 Å². The van der Waals surface area contributed by atoms with Gasteiger partial charge in [-0.25, -0.2) is 4.99 Å². The molecule has 5 nitrogen and oxygen atoms in total. The van der Waals surface area contributed by atoms with E-state index in [-0.39, 0.29) is 0 Å². The minimum Gasteiger partial charge on any atom is -0.370 e. The van der Waals surface area contributed by atoms with E-state index in [2.05, 4.69) is 42.1 Å². The number of guanidine groups is 1. The van der Waals surface area contributed by atoms with Crippen LogP contribution in [-0.2, 0) is 13.6 Å². The second kappa shape index (κ2) is 6.92. The summed E-state index contributed by atoms with van der Waals surface area (Å²) >= 11 is 0. The van der Waals surface area contributed by atoms with Crippen LogP contribution in [0.15, 0.2) is 41.7 Å². The second-order valence-electron chi connectivity index (χ2n) is 4.95. The normalized spacial score (nSPS) is 11.7. The molecule has 0 unspecified atom stereocenters. The van der Waals surface area contributed by atoms with Crippen LogP contribution in [0.5, 0.6) is 0 Å². The van der Waals surface area contributed by atoms with Crippen LogP contribution in [0.25, 0.3) is 11.1 Å². The summed E-state index contributed by atoms with van der Waals surface area (Å²) < 4.78 is 1.80. The number of hydrogen-bond donors (Lipinski definition) is 1. The van der Waals surface area contributed by atoms with E-state index < -0.39 is 0 Å². The first-order chi connectivity index (χ1) is 10.1. The largest absolute Gasteiger partial charge is 0.370 e. The zero-order valence-corrected chi connectivity index (χ0v) is 13.0. The Morgan fingerprint density at radius 3 is 2.67 bits per heavy atom. The molecule has 0 aliphatic heterocycles. The predicted octanol–water partition coefficient (Wildman–Crippen LogP) is 2.24. The van der Waals surface area contributed by atoms with Crippen LogP contribution in [0.3, 0.4) is 0 Å². The van der Waals surface area contributed by atoms with Gasteiger partial charge in [-0.2, -0.15) is 5.10 Å². The molecule has 21 heavy (non-hydrogen) atoms. The first kappa shape index (κ1) is 15.1. The molecule has 0 spiro atoms. The number of aromatic nitrogens is 2. The van der Waals surface area contributed by atoms with Gasteiger partial charge in [-0.15, -0.1) is 0 Å². The molecule has 0 aliphatic rings. The average Bonchev–Trinajstić information content (AvgIpc) is 2.93. The van der Waals surface area contributed by atoms with E-state index in [9.17, 15) is 0 Å². The van der Waals surface area contributed by atoms with Crippen molar-refractivity contribution >= 4 is 5.96 Å². The topological polar surface area (TPSA) is 59.4 Å². The van der Waals surface area contributed by atoms with Crippen LogP contribution in [-0.4, -0.2) is 33.7 Å². The number of aryl methyl sites for hydroxylation is 1. The van der Waals surface area contributed by atoms with Gasteiger partial charge in [0.1, 0.15) is 0 Å². The monoisotopic (exact) mass is 285 g/mol. The molecule has 1 aromatic carbocycles. The first-order valence-electron chi connectivity index (χ1n) is 7.26. The van der Waals surface area contributed by atoms with Crippen LogP contribution in [0.2, 0.25) is 0 Å². The number of nitrogens with zero attached hydrogens (tertiary/aromatic N) is 4. The third-order valence-electron chi connectivity index (χ3n) is 3.48. The molecular weight excluding hydrogens is 262 g/mol. The maximum Gasteiger partial charge on any atom is 0.191 e. The van der Waals surface area contributed by atoms with Crippen molar-refractivity contribution in [2.45, 2.75) is 20.4 Å². The molecule has 0 aliphatic carbocycles. The number of benzene rings is 1. The molecule has 0 saturated heterocycles. The van der Waals surface area contributed by atoms with E-state index in [4.69, 9.17) is 5.73 Å². The summed E-state index contributed by atoms with van der Waals surface area (Å²) in [7, 11) is 1.92. The van der Waals surface area contributed by atoms with Gasteiger partial charge in [-0.1, -0.05) is 18.2 Å². The molecule has 112 valence electrons. The summed E-state index contributed by atoms with van der Waals surface area (Å²) in [6.07, 6.45) is 3.87. The highest BCUT2D eigenvalue weighted by molar-refractivity contribution is 5.78. The van der Waals surface area contributed by atoms with Gasteiger partial charge in [-0.05, 0) is 31.0 Å². The number of nitrogens with two attached hydrogens (primary N) is 1. The van der Waals surface area contributed by atoms with Gasteiger partial charge in [0.25, 0.3) is 0 Å². The van der Waals surface area contributed by atoms with Crippen molar-refractivity contribution in [1.29, 1.82) is 0 Å². The maximum absolute atomic E-state index is 6.00. The Labute approximate surface area is 126 Å². The lowest BCUT2D eigenvalue weighted by molar-refractivity contribution is 0.458. The summed E-state index contributed by atoms with van der Waals surface area (Å²) in [6, 6.07) is 8.33. The molecule has 0 amide bonds. The lowest BCUT2D eigenvalue weighted by atomic mass is 10.1. The van der Waals surface area contributed by atoms with Gasteiger partial charge in [0, 0.05) is 31.9 Å². The first-order valence-corrected chi connectivity index (χ1v) is 7.26. The SMILES string of the molecule is CCN(CC)C(N)=NCc1cccc(-c2cnn(C)c2)c1. The van der Waals surface area contributed by atoms with E-state index in [1.807, 2.05) is 30.4 Å². The lowest BCUT2D eigenvalue weighted by Crippen LogP contribution is -2.37. The quantitative estimate of drug-likeness (QED) is 0.677. The molecule has 0 fully saturated rings. The zero-order chi connectivity index (χ0) is 15.2. The number of aliphatic imine (C=N–C) groups is 1. The van der Waals surface area contributed by atoms with Gasteiger partial charge in [0.05, 0.1) is 12.7 Å². The maximum atomic E-state index is 6.00. The third-order valence-corrected chi connectivity index (χ3v) is 3.48. The van der Waals surface area contributed by atoms with Crippen molar-refractivity contribution in [3.63, 3.8) is 0 Å². The van der Waals surface area contributed by atoms with Gasteiger partial charge >= 0.3 is 0 Å². The molecule has 5 heteroatoms. The Bertz CT molecular complexity index is 611. The zero-order valence-electron chi connectivity index (χ0n) is 13.0. The molecule has 1 heterocycles. The Kier molecular flexibility index (Phi) is 4.98. The fraction of sp³-hybridized carbons (Fsp3) is 0.375. The Hall–Kier alpha value is -2.30. The molecule has 2 aromatic rings. The molecule has 1 aromatic heterocycles. The van der Waals surface area contributed by atoms with Gasteiger partial charge < -0.3 is 10.6 Å². The Morgan fingerprint density at radius 1 is 1.29 bits per heavy atom. The van der Waals surface area contributed by atoms with E-state index in [0.717, 1.165) is 29.8 Å².